The Morgan fingerprint density at radius 3 is 2.27 bits per heavy atom. The molecule has 4 nitrogen and oxygen atoms in total. The van der Waals surface area contributed by atoms with Crippen LogP contribution in [0.3, 0.4) is 0 Å². The van der Waals surface area contributed by atoms with Crippen LogP contribution in [0.5, 0.6) is 0 Å². The minimum absolute atomic E-state index is 0.162. The highest BCUT2D eigenvalue weighted by Gasteiger charge is 2.14. The summed E-state index contributed by atoms with van der Waals surface area (Å²) < 4.78 is 42.5. The normalized spacial score (nSPS) is 10.6. The molecule has 0 fully saturated rings. The van der Waals surface area contributed by atoms with Gasteiger partial charge in [0, 0.05) is 5.56 Å². The number of nitrogens with one attached hydrogen (secondary N) is 1. The first-order valence-electron chi connectivity index (χ1n) is 3.78. The number of hydrogen-bond donors (Lipinski definition) is 1. The highest BCUT2D eigenvalue weighted by molar-refractivity contribution is 5.52. The highest BCUT2D eigenvalue weighted by atomic mass is 19.2. The van der Waals surface area contributed by atoms with Crippen LogP contribution in [-0.4, -0.2) is 10.2 Å². The Bertz CT molecular complexity index is 538. The standard InChI is InChI=1S/C8H3F3N2O2/c9-4-1-3(2-5(10)6(4)11)7-12-13-8(14)15-7/h1-2H,(H,13,14). The predicted octanol–water partition coefficient (Wildman–Crippen LogP) is 1.45. The number of aromatic amines is 1. The quantitative estimate of drug-likeness (QED) is 0.734. The smallest absolute Gasteiger partial charge is 0.388 e. The third-order valence-electron chi connectivity index (χ3n) is 1.67. The molecule has 0 saturated heterocycles. The van der Waals surface area contributed by atoms with Gasteiger partial charge in [0.2, 0.25) is 5.89 Å². The first-order chi connectivity index (χ1) is 7.08. The molecule has 0 unspecified atom stereocenters. The Kier molecular flexibility index (Phi) is 2.07. The second kappa shape index (κ2) is 3.26. The van der Waals surface area contributed by atoms with E-state index >= 15 is 0 Å². The molecule has 0 radical (unpaired) electrons. The number of H-pyrrole nitrogens is 1. The van der Waals surface area contributed by atoms with E-state index in [1.54, 1.807) is 0 Å². The number of halogens is 3. The lowest BCUT2D eigenvalue weighted by atomic mass is 10.2. The van der Waals surface area contributed by atoms with Gasteiger partial charge in [-0.1, -0.05) is 0 Å². The fraction of sp³-hybridized carbons (Fsp3) is 0. The van der Waals surface area contributed by atoms with Crippen molar-refractivity contribution < 1.29 is 17.6 Å². The third kappa shape index (κ3) is 1.63. The highest BCUT2D eigenvalue weighted by Crippen LogP contribution is 2.20. The first-order valence-corrected chi connectivity index (χ1v) is 3.78. The Hall–Kier alpha value is -2.05. The Labute approximate surface area is 80.3 Å². The minimum Gasteiger partial charge on any atom is -0.388 e. The zero-order chi connectivity index (χ0) is 11.0. The van der Waals surface area contributed by atoms with Crippen LogP contribution in [0.15, 0.2) is 21.3 Å². The van der Waals surface area contributed by atoms with E-state index in [2.05, 4.69) is 9.52 Å². The maximum Gasteiger partial charge on any atom is 0.434 e. The van der Waals surface area contributed by atoms with Gasteiger partial charge in [-0.3, -0.25) is 0 Å². The maximum absolute atomic E-state index is 12.8. The van der Waals surface area contributed by atoms with Crippen molar-refractivity contribution in [3.8, 4) is 11.5 Å². The Balaban J connectivity index is 2.59. The molecule has 2 aromatic rings. The van der Waals surface area contributed by atoms with Crippen molar-refractivity contribution in [3.05, 3.63) is 40.1 Å². The number of aromatic nitrogens is 2. The lowest BCUT2D eigenvalue weighted by Crippen LogP contribution is -1.93. The van der Waals surface area contributed by atoms with Crippen molar-refractivity contribution in [2.24, 2.45) is 0 Å². The maximum atomic E-state index is 12.8. The van der Waals surface area contributed by atoms with Crippen molar-refractivity contribution in [1.82, 2.24) is 10.2 Å². The number of nitrogens with zero attached hydrogens (tertiary/aromatic N) is 1. The summed E-state index contributed by atoms with van der Waals surface area (Å²) in [6.45, 7) is 0. The second-order valence-electron chi connectivity index (χ2n) is 2.67. The van der Waals surface area contributed by atoms with E-state index in [1.807, 2.05) is 5.10 Å². The molecular weight excluding hydrogens is 213 g/mol. The second-order valence-corrected chi connectivity index (χ2v) is 2.67. The van der Waals surface area contributed by atoms with E-state index in [1.165, 1.54) is 0 Å². The van der Waals surface area contributed by atoms with Gasteiger partial charge in [0.25, 0.3) is 0 Å². The van der Waals surface area contributed by atoms with Crippen LogP contribution in [0.1, 0.15) is 0 Å². The van der Waals surface area contributed by atoms with Gasteiger partial charge in [-0.05, 0) is 12.1 Å². The van der Waals surface area contributed by atoms with Crippen LogP contribution in [0.25, 0.3) is 11.5 Å². The van der Waals surface area contributed by atoms with E-state index in [0.29, 0.717) is 12.1 Å². The molecule has 0 aliphatic carbocycles. The molecule has 1 aromatic carbocycles. The monoisotopic (exact) mass is 216 g/mol. The molecule has 1 N–H and O–H groups in total. The number of benzene rings is 1. The van der Waals surface area contributed by atoms with Crippen LogP contribution < -0.4 is 5.76 Å². The van der Waals surface area contributed by atoms with E-state index in [-0.39, 0.29) is 11.5 Å². The van der Waals surface area contributed by atoms with Gasteiger partial charge < -0.3 is 4.42 Å². The summed E-state index contributed by atoms with van der Waals surface area (Å²) >= 11 is 0. The molecule has 0 atom stereocenters. The Morgan fingerprint density at radius 2 is 1.80 bits per heavy atom. The molecule has 0 saturated carbocycles. The van der Waals surface area contributed by atoms with Gasteiger partial charge >= 0.3 is 5.76 Å². The van der Waals surface area contributed by atoms with Crippen LogP contribution in [-0.2, 0) is 0 Å². The van der Waals surface area contributed by atoms with Gasteiger partial charge in [0.15, 0.2) is 17.5 Å². The van der Waals surface area contributed by atoms with Gasteiger partial charge in [-0.2, -0.15) is 0 Å². The molecule has 2 rings (SSSR count). The average molecular weight is 216 g/mol. The van der Waals surface area contributed by atoms with Crippen LogP contribution >= 0.6 is 0 Å². The first kappa shape index (κ1) is 9.50. The summed E-state index contributed by atoms with van der Waals surface area (Å²) in [5.74, 6) is -5.52. The molecule has 0 aliphatic rings. The summed E-state index contributed by atoms with van der Waals surface area (Å²) in [5.41, 5.74) is -0.162. The Morgan fingerprint density at radius 1 is 1.20 bits per heavy atom. The summed E-state index contributed by atoms with van der Waals surface area (Å²) in [6.07, 6.45) is 0. The molecule has 1 heterocycles. The van der Waals surface area contributed by atoms with E-state index < -0.39 is 23.2 Å². The van der Waals surface area contributed by atoms with E-state index in [0.717, 1.165) is 0 Å². The van der Waals surface area contributed by atoms with Crippen molar-refractivity contribution in [1.29, 1.82) is 0 Å². The molecule has 0 aliphatic heterocycles. The van der Waals surface area contributed by atoms with Gasteiger partial charge in [0.05, 0.1) is 0 Å². The van der Waals surface area contributed by atoms with Crippen LogP contribution in [0.2, 0.25) is 0 Å². The van der Waals surface area contributed by atoms with Crippen molar-refractivity contribution in [3.63, 3.8) is 0 Å². The van der Waals surface area contributed by atoms with Gasteiger partial charge in [0.1, 0.15) is 0 Å². The van der Waals surface area contributed by atoms with Crippen LogP contribution in [0, 0.1) is 17.5 Å². The fourth-order valence-corrected chi connectivity index (χ4v) is 1.03. The summed E-state index contributed by atoms with van der Waals surface area (Å²) in [7, 11) is 0. The summed E-state index contributed by atoms with van der Waals surface area (Å²) in [5, 5.41) is 5.25. The number of rotatable bonds is 1. The van der Waals surface area contributed by atoms with Crippen LogP contribution in [0.4, 0.5) is 13.2 Å². The lowest BCUT2D eigenvalue weighted by Gasteiger charge is -1.97. The molecule has 0 bridgehead atoms. The molecule has 78 valence electrons. The lowest BCUT2D eigenvalue weighted by molar-refractivity contribution is 0.446. The molecule has 15 heavy (non-hydrogen) atoms. The number of hydrogen-bond acceptors (Lipinski definition) is 3. The van der Waals surface area contributed by atoms with E-state index in [9.17, 15) is 18.0 Å². The molecular formula is C8H3F3N2O2. The summed E-state index contributed by atoms with van der Waals surface area (Å²) in [6, 6.07) is 1.36. The molecule has 0 spiro atoms. The minimum atomic E-state index is -1.59. The largest absolute Gasteiger partial charge is 0.434 e. The van der Waals surface area contributed by atoms with Gasteiger partial charge in [-0.25, -0.2) is 23.1 Å². The molecule has 1 aromatic heterocycles. The van der Waals surface area contributed by atoms with E-state index in [4.69, 9.17) is 0 Å². The van der Waals surface area contributed by atoms with Gasteiger partial charge in [-0.15, -0.1) is 5.10 Å². The topological polar surface area (TPSA) is 58.9 Å². The zero-order valence-corrected chi connectivity index (χ0v) is 7.05. The zero-order valence-electron chi connectivity index (χ0n) is 7.05. The molecule has 7 heteroatoms. The van der Waals surface area contributed by atoms with Crippen molar-refractivity contribution >= 4 is 0 Å². The fourth-order valence-electron chi connectivity index (χ4n) is 1.03. The SMILES string of the molecule is O=c1[nH]nc(-c2cc(F)c(F)c(F)c2)o1. The van der Waals surface area contributed by atoms with Crippen molar-refractivity contribution in [2.45, 2.75) is 0 Å². The van der Waals surface area contributed by atoms with Crippen molar-refractivity contribution in [2.75, 3.05) is 0 Å². The predicted molar refractivity (Wildman–Crippen MR) is 42.4 cm³/mol. The summed E-state index contributed by atoms with van der Waals surface area (Å²) in [4.78, 5) is 10.6. The third-order valence-corrected chi connectivity index (χ3v) is 1.67. The average Bonchev–Trinajstić information content (AvgIpc) is 2.60. The molecule has 0 amide bonds.